The van der Waals surface area contributed by atoms with Crippen molar-refractivity contribution in [1.82, 2.24) is 0 Å². The van der Waals surface area contributed by atoms with Crippen molar-refractivity contribution in [3.05, 3.63) is 67.7 Å². The fraction of sp³-hybridized carbons (Fsp3) is 0.0625. The summed E-state index contributed by atoms with van der Waals surface area (Å²) in [5.74, 6) is 0.562. The quantitative estimate of drug-likeness (QED) is 0.605. The van der Waals surface area contributed by atoms with Crippen LogP contribution in [0.4, 0.5) is 0 Å². The first-order valence-electron chi connectivity index (χ1n) is 6.05. The van der Waals surface area contributed by atoms with Gasteiger partial charge in [0.2, 0.25) is 0 Å². The molecule has 3 aromatic rings. The standard InChI is InChI=1S/C16H10BrClO2/c1-9-15(19)13-8-11(17)5-6-14(13)20-16(9)10-3-2-4-12(18)7-10/h2-8H,1H3. The van der Waals surface area contributed by atoms with Gasteiger partial charge < -0.3 is 4.42 Å². The zero-order valence-electron chi connectivity index (χ0n) is 10.6. The van der Waals surface area contributed by atoms with Gasteiger partial charge >= 0.3 is 0 Å². The van der Waals surface area contributed by atoms with Gasteiger partial charge in [-0.3, -0.25) is 4.79 Å². The van der Waals surface area contributed by atoms with Crippen molar-refractivity contribution in [1.29, 1.82) is 0 Å². The second-order valence-electron chi connectivity index (χ2n) is 4.54. The monoisotopic (exact) mass is 348 g/mol. The summed E-state index contributed by atoms with van der Waals surface area (Å²) in [5.41, 5.74) is 1.93. The number of hydrogen-bond acceptors (Lipinski definition) is 2. The van der Waals surface area contributed by atoms with Crippen molar-refractivity contribution in [2.75, 3.05) is 0 Å². The molecular weight excluding hydrogens is 340 g/mol. The van der Waals surface area contributed by atoms with Crippen LogP contribution >= 0.6 is 27.5 Å². The van der Waals surface area contributed by atoms with E-state index >= 15 is 0 Å². The number of benzene rings is 2. The summed E-state index contributed by atoms with van der Waals surface area (Å²) >= 11 is 9.37. The van der Waals surface area contributed by atoms with E-state index in [0.29, 0.717) is 27.3 Å². The first-order chi connectivity index (χ1) is 9.56. The third kappa shape index (κ3) is 2.28. The Labute approximate surface area is 129 Å². The minimum atomic E-state index is -0.0254. The first-order valence-corrected chi connectivity index (χ1v) is 7.22. The molecule has 4 heteroatoms. The Morgan fingerprint density at radius 2 is 1.95 bits per heavy atom. The second-order valence-corrected chi connectivity index (χ2v) is 5.89. The molecule has 3 rings (SSSR count). The molecule has 0 aliphatic heterocycles. The molecule has 0 atom stereocenters. The van der Waals surface area contributed by atoms with Crippen molar-refractivity contribution < 1.29 is 4.42 Å². The van der Waals surface area contributed by atoms with E-state index in [-0.39, 0.29) is 5.43 Å². The van der Waals surface area contributed by atoms with Gasteiger partial charge in [-0.1, -0.05) is 39.7 Å². The van der Waals surface area contributed by atoms with Crippen LogP contribution in [0.3, 0.4) is 0 Å². The first kappa shape index (κ1) is 13.4. The van der Waals surface area contributed by atoms with Crippen LogP contribution in [0, 0.1) is 6.92 Å². The lowest BCUT2D eigenvalue weighted by molar-refractivity contribution is 0.614. The molecule has 0 amide bonds. The number of halogens is 2. The van der Waals surface area contributed by atoms with E-state index in [9.17, 15) is 4.79 Å². The van der Waals surface area contributed by atoms with Gasteiger partial charge in [-0.25, -0.2) is 0 Å². The lowest BCUT2D eigenvalue weighted by atomic mass is 10.1. The van der Waals surface area contributed by atoms with Gasteiger partial charge in [-0.05, 0) is 37.3 Å². The molecule has 2 aromatic carbocycles. The molecule has 20 heavy (non-hydrogen) atoms. The van der Waals surface area contributed by atoms with Crippen LogP contribution in [0.1, 0.15) is 5.56 Å². The molecule has 0 saturated heterocycles. The Morgan fingerprint density at radius 3 is 2.70 bits per heavy atom. The van der Waals surface area contributed by atoms with Gasteiger partial charge in [0.1, 0.15) is 11.3 Å². The highest BCUT2D eigenvalue weighted by atomic mass is 79.9. The summed E-state index contributed by atoms with van der Waals surface area (Å²) in [5, 5.41) is 1.18. The van der Waals surface area contributed by atoms with E-state index in [1.807, 2.05) is 18.2 Å². The maximum absolute atomic E-state index is 12.4. The van der Waals surface area contributed by atoms with Gasteiger partial charge in [-0.15, -0.1) is 0 Å². The summed E-state index contributed by atoms with van der Waals surface area (Å²) in [6.07, 6.45) is 0. The predicted molar refractivity (Wildman–Crippen MR) is 85.4 cm³/mol. The Bertz CT molecular complexity index is 868. The Balaban J connectivity index is 2.35. The molecule has 1 aromatic heterocycles. The van der Waals surface area contributed by atoms with Crippen LogP contribution in [0.15, 0.2) is 56.1 Å². The minimum Gasteiger partial charge on any atom is -0.456 e. The van der Waals surface area contributed by atoms with Crippen molar-refractivity contribution >= 4 is 38.5 Å². The van der Waals surface area contributed by atoms with E-state index < -0.39 is 0 Å². The fourth-order valence-electron chi connectivity index (χ4n) is 2.17. The minimum absolute atomic E-state index is 0.0254. The molecule has 2 nitrogen and oxygen atoms in total. The van der Waals surface area contributed by atoms with Crippen LogP contribution in [0.25, 0.3) is 22.3 Å². The SMILES string of the molecule is Cc1c(-c2cccc(Cl)c2)oc2ccc(Br)cc2c1=O. The maximum Gasteiger partial charge on any atom is 0.196 e. The van der Waals surface area contributed by atoms with Gasteiger partial charge in [0.25, 0.3) is 0 Å². The van der Waals surface area contributed by atoms with E-state index in [2.05, 4.69) is 15.9 Å². The smallest absolute Gasteiger partial charge is 0.196 e. The maximum atomic E-state index is 12.4. The predicted octanol–water partition coefficient (Wildman–Crippen LogP) is 5.18. The third-order valence-electron chi connectivity index (χ3n) is 3.17. The zero-order chi connectivity index (χ0) is 14.3. The van der Waals surface area contributed by atoms with Gasteiger partial charge in [-0.2, -0.15) is 0 Å². The zero-order valence-corrected chi connectivity index (χ0v) is 13.0. The molecule has 0 unspecified atom stereocenters. The molecule has 0 radical (unpaired) electrons. The largest absolute Gasteiger partial charge is 0.456 e. The van der Waals surface area contributed by atoms with E-state index in [1.165, 1.54) is 0 Å². The molecule has 100 valence electrons. The summed E-state index contributed by atoms with van der Waals surface area (Å²) < 4.78 is 6.74. The molecule has 0 N–H and O–H groups in total. The molecule has 0 fully saturated rings. The highest BCUT2D eigenvalue weighted by Gasteiger charge is 2.13. The fourth-order valence-corrected chi connectivity index (χ4v) is 2.72. The molecule has 0 saturated carbocycles. The Morgan fingerprint density at radius 1 is 1.15 bits per heavy atom. The van der Waals surface area contributed by atoms with Crippen LogP contribution in [-0.2, 0) is 0 Å². The molecule has 0 spiro atoms. The average Bonchev–Trinajstić information content (AvgIpc) is 2.43. The second kappa shape index (κ2) is 5.08. The molecule has 1 heterocycles. The summed E-state index contributed by atoms with van der Waals surface area (Å²) in [7, 11) is 0. The van der Waals surface area contributed by atoms with E-state index in [4.69, 9.17) is 16.0 Å². The van der Waals surface area contributed by atoms with Crippen molar-refractivity contribution in [3.63, 3.8) is 0 Å². The normalized spacial score (nSPS) is 10.9. The number of fused-ring (bicyclic) bond motifs is 1. The van der Waals surface area contributed by atoms with Crippen LogP contribution in [-0.4, -0.2) is 0 Å². The van der Waals surface area contributed by atoms with Gasteiger partial charge in [0, 0.05) is 20.6 Å². The Hall–Kier alpha value is -1.58. The van der Waals surface area contributed by atoms with Crippen molar-refractivity contribution in [2.45, 2.75) is 6.92 Å². The van der Waals surface area contributed by atoms with Crippen molar-refractivity contribution in [2.24, 2.45) is 0 Å². The summed E-state index contributed by atoms with van der Waals surface area (Å²) in [4.78, 5) is 12.4. The number of hydrogen-bond donors (Lipinski definition) is 0. The summed E-state index contributed by atoms with van der Waals surface area (Å²) in [6, 6.07) is 12.7. The lowest BCUT2D eigenvalue weighted by Crippen LogP contribution is -2.07. The van der Waals surface area contributed by atoms with Crippen LogP contribution in [0.5, 0.6) is 0 Å². The highest BCUT2D eigenvalue weighted by molar-refractivity contribution is 9.10. The summed E-state index contributed by atoms with van der Waals surface area (Å²) in [6.45, 7) is 1.77. The molecule has 0 bridgehead atoms. The van der Waals surface area contributed by atoms with Gasteiger partial charge in [0.15, 0.2) is 5.43 Å². The van der Waals surface area contributed by atoms with E-state index in [0.717, 1.165) is 10.0 Å². The number of rotatable bonds is 1. The molecule has 0 aliphatic rings. The van der Waals surface area contributed by atoms with Crippen LogP contribution in [0.2, 0.25) is 5.02 Å². The van der Waals surface area contributed by atoms with Crippen molar-refractivity contribution in [3.8, 4) is 11.3 Å². The topological polar surface area (TPSA) is 30.2 Å². The third-order valence-corrected chi connectivity index (χ3v) is 3.89. The molecule has 0 aliphatic carbocycles. The Kier molecular flexibility index (Phi) is 3.40. The van der Waals surface area contributed by atoms with E-state index in [1.54, 1.807) is 31.2 Å². The highest BCUT2D eigenvalue weighted by Crippen LogP contribution is 2.28. The molecular formula is C16H10BrClO2. The van der Waals surface area contributed by atoms with Crippen LogP contribution < -0.4 is 5.43 Å². The lowest BCUT2D eigenvalue weighted by Gasteiger charge is -2.07. The van der Waals surface area contributed by atoms with Gasteiger partial charge in [0.05, 0.1) is 5.39 Å². The average molecular weight is 350 g/mol.